The van der Waals surface area contributed by atoms with Crippen molar-refractivity contribution in [2.24, 2.45) is 0 Å². The molecule has 0 bridgehead atoms. The van der Waals surface area contributed by atoms with Crippen LogP contribution in [0.5, 0.6) is 5.75 Å². The average Bonchev–Trinajstić information content (AvgIpc) is 2.52. The molecule has 0 fully saturated rings. The van der Waals surface area contributed by atoms with E-state index in [2.05, 4.69) is 56.4 Å². The van der Waals surface area contributed by atoms with Gasteiger partial charge >= 0.3 is 0 Å². The maximum atomic E-state index is 5.42. The van der Waals surface area contributed by atoms with Crippen molar-refractivity contribution in [1.82, 2.24) is 5.32 Å². The van der Waals surface area contributed by atoms with Gasteiger partial charge in [-0.3, -0.25) is 0 Å². The van der Waals surface area contributed by atoms with Crippen molar-refractivity contribution in [3.8, 4) is 5.75 Å². The third kappa shape index (κ3) is 4.08. The predicted octanol–water partition coefficient (Wildman–Crippen LogP) is 4.67. The molecule has 0 spiro atoms. The predicted molar refractivity (Wildman–Crippen MR) is 88.8 cm³/mol. The molecular weight excluding hydrogens is 258 g/mol. The van der Waals surface area contributed by atoms with E-state index in [9.17, 15) is 0 Å². The van der Waals surface area contributed by atoms with Crippen LogP contribution in [0.3, 0.4) is 0 Å². The number of hydrogen-bond donors (Lipinski definition) is 1. The van der Waals surface area contributed by atoms with Gasteiger partial charge in [0.05, 0.1) is 7.11 Å². The first-order valence-corrected chi connectivity index (χ1v) is 7.57. The minimum atomic E-state index is 0.255. The average molecular weight is 283 g/mol. The third-order valence-electron chi connectivity index (χ3n) is 3.86. The van der Waals surface area contributed by atoms with Gasteiger partial charge in [-0.05, 0) is 30.0 Å². The van der Waals surface area contributed by atoms with E-state index in [1.807, 2.05) is 18.2 Å². The molecule has 2 heteroatoms. The molecule has 1 atom stereocenters. The zero-order valence-electron chi connectivity index (χ0n) is 13.4. The van der Waals surface area contributed by atoms with E-state index in [0.29, 0.717) is 5.92 Å². The fourth-order valence-electron chi connectivity index (χ4n) is 2.43. The first kappa shape index (κ1) is 15.6. The van der Waals surface area contributed by atoms with Crippen molar-refractivity contribution in [3.05, 3.63) is 65.2 Å². The second-order valence-electron chi connectivity index (χ2n) is 5.74. The smallest absolute Gasteiger partial charge is 0.123 e. The first-order chi connectivity index (χ1) is 10.1. The van der Waals surface area contributed by atoms with Crippen molar-refractivity contribution in [3.63, 3.8) is 0 Å². The first-order valence-electron chi connectivity index (χ1n) is 7.57. The number of benzene rings is 2. The van der Waals surface area contributed by atoms with E-state index in [4.69, 9.17) is 4.74 Å². The largest absolute Gasteiger partial charge is 0.496 e. The Hall–Kier alpha value is -1.80. The Morgan fingerprint density at radius 1 is 0.952 bits per heavy atom. The van der Waals surface area contributed by atoms with E-state index in [1.54, 1.807) is 7.11 Å². The van der Waals surface area contributed by atoms with Gasteiger partial charge < -0.3 is 10.1 Å². The van der Waals surface area contributed by atoms with Crippen molar-refractivity contribution in [2.75, 3.05) is 7.11 Å². The van der Waals surface area contributed by atoms with Crippen LogP contribution >= 0.6 is 0 Å². The Labute approximate surface area is 128 Å². The molecular formula is C19H25NO. The fourth-order valence-corrected chi connectivity index (χ4v) is 2.43. The summed E-state index contributed by atoms with van der Waals surface area (Å²) in [5.41, 5.74) is 3.89. The molecule has 0 heterocycles. The molecule has 1 N–H and O–H groups in total. The minimum Gasteiger partial charge on any atom is -0.496 e. The number of para-hydroxylation sites is 1. The molecule has 0 saturated heterocycles. The fraction of sp³-hybridized carbons (Fsp3) is 0.368. The van der Waals surface area contributed by atoms with E-state index in [-0.39, 0.29) is 6.04 Å². The highest BCUT2D eigenvalue weighted by Crippen LogP contribution is 2.24. The highest BCUT2D eigenvalue weighted by Gasteiger charge is 2.10. The normalized spacial score (nSPS) is 12.4. The number of nitrogens with one attached hydrogen (secondary N) is 1. The van der Waals surface area contributed by atoms with Gasteiger partial charge in [0, 0.05) is 18.2 Å². The second-order valence-corrected chi connectivity index (χ2v) is 5.74. The summed E-state index contributed by atoms with van der Waals surface area (Å²) >= 11 is 0. The summed E-state index contributed by atoms with van der Waals surface area (Å²) in [6, 6.07) is 17.3. The van der Waals surface area contributed by atoms with Crippen LogP contribution in [0.25, 0.3) is 0 Å². The Balaban J connectivity index is 1.99. The molecule has 2 nitrogen and oxygen atoms in total. The zero-order chi connectivity index (χ0) is 15.2. The van der Waals surface area contributed by atoms with Gasteiger partial charge in [-0.2, -0.15) is 0 Å². The molecule has 2 rings (SSSR count). The highest BCUT2D eigenvalue weighted by atomic mass is 16.5. The molecule has 0 aliphatic rings. The third-order valence-corrected chi connectivity index (χ3v) is 3.86. The molecule has 1 unspecified atom stereocenters. The van der Waals surface area contributed by atoms with E-state index in [1.165, 1.54) is 16.7 Å². The van der Waals surface area contributed by atoms with Crippen LogP contribution in [0.15, 0.2) is 48.5 Å². The molecule has 0 aromatic heterocycles. The van der Waals surface area contributed by atoms with Gasteiger partial charge in [0.2, 0.25) is 0 Å². The van der Waals surface area contributed by atoms with Crippen molar-refractivity contribution in [2.45, 2.75) is 39.3 Å². The second kappa shape index (κ2) is 7.28. The molecule has 2 aromatic rings. The summed E-state index contributed by atoms with van der Waals surface area (Å²) in [5.74, 6) is 1.52. The van der Waals surface area contributed by atoms with E-state index >= 15 is 0 Å². The van der Waals surface area contributed by atoms with Crippen LogP contribution in [0.2, 0.25) is 0 Å². The van der Waals surface area contributed by atoms with Gasteiger partial charge in [0.15, 0.2) is 0 Å². The maximum Gasteiger partial charge on any atom is 0.123 e. The lowest BCUT2D eigenvalue weighted by molar-refractivity contribution is 0.401. The monoisotopic (exact) mass is 283 g/mol. The molecule has 0 amide bonds. The lowest BCUT2D eigenvalue weighted by atomic mass is 10.0. The molecule has 21 heavy (non-hydrogen) atoms. The molecule has 0 saturated carbocycles. The zero-order valence-corrected chi connectivity index (χ0v) is 13.4. The van der Waals surface area contributed by atoms with Crippen LogP contribution in [0.4, 0.5) is 0 Å². The van der Waals surface area contributed by atoms with Crippen LogP contribution in [-0.2, 0) is 6.54 Å². The minimum absolute atomic E-state index is 0.255. The number of ether oxygens (including phenoxy) is 1. The summed E-state index contributed by atoms with van der Waals surface area (Å²) in [6.45, 7) is 7.46. The van der Waals surface area contributed by atoms with Crippen LogP contribution < -0.4 is 10.1 Å². The van der Waals surface area contributed by atoms with Crippen LogP contribution in [-0.4, -0.2) is 7.11 Å². The molecule has 0 aliphatic carbocycles. The summed E-state index contributed by atoms with van der Waals surface area (Å²) in [6.07, 6.45) is 0. The molecule has 0 aliphatic heterocycles. The van der Waals surface area contributed by atoms with Crippen molar-refractivity contribution in [1.29, 1.82) is 0 Å². The van der Waals surface area contributed by atoms with Gasteiger partial charge in [-0.1, -0.05) is 56.3 Å². The lowest BCUT2D eigenvalue weighted by Gasteiger charge is -2.17. The van der Waals surface area contributed by atoms with Crippen LogP contribution in [0, 0.1) is 0 Å². The number of methoxy groups -OCH3 is 1. The SMILES string of the molecule is COc1ccccc1C(C)NCc1ccc(C(C)C)cc1. The number of rotatable bonds is 6. The van der Waals surface area contributed by atoms with Crippen molar-refractivity contribution < 1.29 is 4.74 Å². The van der Waals surface area contributed by atoms with Crippen molar-refractivity contribution >= 4 is 0 Å². The number of hydrogen-bond acceptors (Lipinski definition) is 2. The summed E-state index contributed by atoms with van der Waals surface area (Å²) in [7, 11) is 1.72. The van der Waals surface area contributed by atoms with Gasteiger partial charge in [-0.25, -0.2) is 0 Å². The van der Waals surface area contributed by atoms with E-state index in [0.717, 1.165) is 12.3 Å². The summed E-state index contributed by atoms with van der Waals surface area (Å²) < 4.78 is 5.42. The quantitative estimate of drug-likeness (QED) is 0.832. The Kier molecular flexibility index (Phi) is 5.40. The Morgan fingerprint density at radius 3 is 2.24 bits per heavy atom. The van der Waals surface area contributed by atoms with Crippen LogP contribution in [0.1, 0.15) is 49.4 Å². The highest BCUT2D eigenvalue weighted by molar-refractivity contribution is 5.35. The van der Waals surface area contributed by atoms with Gasteiger partial charge in [-0.15, -0.1) is 0 Å². The molecule has 0 radical (unpaired) electrons. The lowest BCUT2D eigenvalue weighted by Crippen LogP contribution is -2.18. The van der Waals surface area contributed by atoms with E-state index < -0.39 is 0 Å². The van der Waals surface area contributed by atoms with Gasteiger partial charge in [0.1, 0.15) is 5.75 Å². The molecule has 112 valence electrons. The summed E-state index contributed by atoms with van der Waals surface area (Å²) in [5, 5.41) is 3.56. The Bertz CT molecular complexity index is 560. The topological polar surface area (TPSA) is 21.3 Å². The Morgan fingerprint density at radius 2 is 1.62 bits per heavy atom. The standard InChI is InChI=1S/C19H25NO/c1-14(2)17-11-9-16(10-12-17)13-20-15(3)18-7-5-6-8-19(18)21-4/h5-12,14-15,20H,13H2,1-4H3. The van der Waals surface area contributed by atoms with Gasteiger partial charge in [0.25, 0.3) is 0 Å². The maximum absolute atomic E-state index is 5.42. The summed E-state index contributed by atoms with van der Waals surface area (Å²) in [4.78, 5) is 0. The molecule has 2 aromatic carbocycles.